The van der Waals surface area contributed by atoms with Crippen molar-refractivity contribution >= 4 is 0 Å². The van der Waals surface area contributed by atoms with Gasteiger partial charge < -0.3 is 5.11 Å². The molecule has 0 radical (unpaired) electrons. The molecule has 0 amide bonds. The lowest BCUT2D eigenvalue weighted by Gasteiger charge is -2.35. The standard InChI is InChI=1S/C12H21NO/c1-3-4-8-13-9-6-5-7-12(13)10-11(2)14/h11-12,14H,5-10H2,1-2H3. The molecule has 1 rings (SSSR count). The summed E-state index contributed by atoms with van der Waals surface area (Å²) in [5, 5.41) is 9.39. The molecular weight excluding hydrogens is 174 g/mol. The van der Waals surface area contributed by atoms with Gasteiger partial charge >= 0.3 is 0 Å². The second-order valence-corrected chi connectivity index (χ2v) is 4.13. The van der Waals surface area contributed by atoms with Crippen LogP contribution in [0.25, 0.3) is 0 Å². The molecule has 2 unspecified atom stereocenters. The van der Waals surface area contributed by atoms with Gasteiger partial charge in [-0.2, -0.15) is 0 Å². The monoisotopic (exact) mass is 195 g/mol. The van der Waals surface area contributed by atoms with Crippen molar-refractivity contribution in [3.63, 3.8) is 0 Å². The Kier molecular flexibility index (Phi) is 5.00. The number of nitrogens with zero attached hydrogens (tertiary/aromatic N) is 1. The van der Waals surface area contributed by atoms with Crippen molar-refractivity contribution < 1.29 is 5.11 Å². The fourth-order valence-electron chi connectivity index (χ4n) is 2.11. The van der Waals surface area contributed by atoms with Crippen LogP contribution in [0.4, 0.5) is 0 Å². The average Bonchev–Trinajstić information content (AvgIpc) is 2.16. The van der Waals surface area contributed by atoms with Gasteiger partial charge in [-0.05, 0) is 39.7 Å². The van der Waals surface area contributed by atoms with Crippen molar-refractivity contribution in [3.05, 3.63) is 0 Å². The molecule has 1 N–H and O–H groups in total. The number of rotatable bonds is 3. The molecule has 1 saturated heterocycles. The highest BCUT2D eigenvalue weighted by Gasteiger charge is 2.22. The van der Waals surface area contributed by atoms with E-state index in [0.29, 0.717) is 6.04 Å². The number of hydrogen-bond acceptors (Lipinski definition) is 2. The largest absolute Gasteiger partial charge is 0.393 e. The summed E-state index contributed by atoms with van der Waals surface area (Å²) in [6.45, 7) is 5.77. The maximum absolute atomic E-state index is 9.39. The molecule has 2 heteroatoms. The summed E-state index contributed by atoms with van der Waals surface area (Å²) >= 11 is 0. The summed E-state index contributed by atoms with van der Waals surface area (Å²) in [4.78, 5) is 2.41. The first-order chi connectivity index (χ1) is 6.74. The molecule has 0 aromatic heterocycles. The van der Waals surface area contributed by atoms with Gasteiger partial charge in [0.1, 0.15) is 0 Å². The van der Waals surface area contributed by atoms with Crippen molar-refractivity contribution in [2.24, 2.45) is 0 Å². The van der Waals surface area contributed by atoms with Crippen LogP contribution in [0.2, 0.25) is 0 Å². The van der Waals surface area contributed by atoms with E-state index in [0.717, 1.165) is 19.5 Å². The second-order valence-electron chi connectivity index (χ2n) is 4.13. The van der Waals surface area contributed by atoms with Crippen LogP contribution in [-0.2, 0) is 0 Å². The summed E-state index contributed by atoms with van der Waals surface area (Å²) in [6.07, 6.45) is 4.51. The molecule has 2 nitrogen and oxygen atoms in total. The first kappa shape index (κ1) is 11.6. The molecule has 0 saturated carbocycles. The Morgan fingerprint density at radius 1 is 1.50 bits per heavy atom. The summed E-state index contributed by atoms with van der Waals surface area (Å²) in [5.74, 6) is 6.05. The normalized spacial score (nSPS) is 25.2. The zero-order valence-corrected chi connectivity index (χ0v) is 9.29. The number of aliphatic hydroxyl groups is 1. The highest BCUT2D eigenvalue weighted by molar-refractivity contribution is 4.99. The minimum atomic E-state index is -0.185. The second kappa shape index (κ2) is 6.06. The Labute approximate surface area is 87.3 Å². The van der Waals surface area contributed by atoms with Crippen LogP contribution in [0.3, 0.4) is 0 Å². The van der Waals surface area contributed by atoms with Gasteiger partial charge in [0.15, 0.2) is 0 Å². The number of aliphatic hydroxyl groups excluding tert-OH is 1. The van der Waals surface area contributed by atoms with E-state index in [2.05, 4.69) is 16.7 Å². The van der Waals surface area contributed by atoms with E-state index in [9.17, 15) is 5.11 Å². The fraction of sp³-hybridized carbons (Fsp3) is 0.833. The fourth-order valence-corrected chi connectivity index (χ4v) is 2.11. The molecule has 2 atom stereocenters. The van der Waals surface area contributed by atoms with Crippen LogP contribution in [0, 0.1) is 11.8 Å². The van der Waals surface area contributed by atoms with Crippen molar-refractivity contribution in [2.45, 2.75) is 51.7 Å². The Morgan fingerprint density at radius 2 is 2.29 bits per heavy atom. The van der Waals surface area contributed by atoms with Crippen molar-refractivity contribution in [3.8, 4) is 11.8 Å². The van der Waals surface area contributed by atoms with Gasteiger partial charge in [0.25, 0.3) is 0 Å². The Hall–Kier alpha value is -0.520. The molecule has 0 aliphatic carbocycles. The van der Waals surface area contributed by atoms with Gasteiger partial charge in [0.2, 0.25) is 0 Å². The first-order valence-corrected chi connectivity index (χ1v) is 5.55. The van der Waals surface area contributed by atoms with E-state index in [-0.39, 0.29) is 6.10 Å². The maximum Gasteiger partial charge on any atom is 0.0603 e. The van der Waals surface area contributed by atoms with Gasteiger partial charge in [-0.3, -0.25) is 4.90 Å². The highest BCUT2D eigenvalue weighted by atomic mass is 16.3. The van der Waals surface area contributed by atoms with E-state index in [1.54, 1.807) is 0 Å². The molecule has 0 bridgehead atoms. The molecule has 0 aromatic rings. The first-order valence-electron chi connectivity index (χ1n) is 5.55. The predicted molar refractivity (Wildman–Crippen MR) is 59.0 cm³/mol. The topological polar surface area (TPSA) is 23.5 Å². The third-order valence-corrected chi connectivity index (χ3v) is 2.82. The van der Waals surface area contributed by atoms with E-state index in [1.807, 2.05) is 13.8 Å². The number of likely N-dealkylation sites (tertiary alicyclic amines) is 1. The number of hydrogen-bond donors (Lipinski definition) is 1. The van der Waals surface area contributed by atoms with E-state index in [1.165, 1.54) is 19.3 Å². The molecule has 0 aromatic carbocycles. The van der Waals surface area contributed by atoms with Crippen LogP contribution in [0.15, 0.2) is 0 Å². The third-order valence-electron chi connectivity index (χ3n) is 2.82. The smallest absolute Gasteiger partial charge is 0.0603 e. The average molecular weight is 195 g/mol. The minimum Gasteiger partial charge on any atom is -0.393 e. The van der Waals surface area contributed by atoms with Crippen LogP contribution < -0.4 is 0 Å². The Balaban J connectivity index is 2.44. The van der Waals surface area contributed by atoms with Crippen LogP contribution in [0.1, 0.15) is 39.5 Å². The lowest BCUT2D eigenvalue weighted by Crippen LogP contribution is -2.41. The van der Waals surface area contributed by atoms with Crippen molar-refractivity contribution in [2.75, 3.05) is 13.1 Å². The van der Waals surface area contributed by atoms with Gasteiger partial charge in [-0.25, -0.2) is 0 Å². The maximum atomic E-state index is 9.39. The third kappa shape index (κ3) is 3.69. The molecule has 1 aliphatic heterocycles. The minimum absolute atomic E-state index is 0.185. The molecule has 1 aliphatic rings. The van der Waals surface area contributed by atoms with E-state index in [4.69, 9.17) is 0 Å². The van der Waals surface area contributed by atoms with Gasteiger partial charge in [0.05, 0.1) is 12.6 Å². The lowest BCUT2D eigenvalue weighted by molar-refractivity contribution is 0.0965. The molecule has 14 heavy (non-hydrogen) atoms. The number of piperidine rings is 1. The van der Waals surface area contributed by atoms with Gasteiger partial charge in [0, 0.05) is 6.04 Å². The summed E-state index contributed by atoms with van der Waals surface area (Å²) in [7, 11) is 0. The van der Waals surface area contributed by atoms with Crippen LogP contribution in [0.5, 0.6) is 0 Å². The summed E-state index contributed by atoms with van der Waals surface area (Å²) in [5.41, 5.74) is 0. The van der Waals surface area contributed by atoms with Crippen LogP contribution in [-0.4, -0.2) is 35.2 Å². The molecular formula is C12H21NO. The van der Waals surface area contributed by atoms with Gasteiger partial charge in [-0.1, -0.05) is 12.3 Å². The van der Waals surface area contributed by atoms with E-state index >= 15 is 0 Å². The SMILES string of the molecule is CC#CCN1CCCCC1CC(C)O. The highest BCUT2D eigenvalue weighted by Crippen LogP contribution is 2.20. The summed E-state index contributed by atoms with van der Waals surface area (Å²) in [6, 6.07) is 0.546. The molecule has 1 heterocycles. The predicted octanol–water partition coefficient (Wildman–Crippen LogP) is 1.64. The Bertz CT molecular complexity index is 214. The lowest BCUT2D eigenvalue weighted by atomic mass is 9.97. The van der Waals surface area contributed by atoms with Crippen molar-refractivity contribution in [1.82, 2.24) is 4.90 Å². The van der Waals surface area contributed by atoms with Crippen molar-refractivity contribution in [1.29, 1.82) is 0 Å². The molecule has 1 fully saturated rings. The summed E-state index contributed by atoms with van der Waals surface area (Å²) < 4.78 is 0. The van der Waals surface area contributed by atoms with Crippen LogP contribution >= 0.6 is 0 Å². The molecule has 80 valence electrons. The Morgan fingerprint density at radius 3 is 2.93 bits per heavy atom. The van der Waals surface area contributed by atoms with Gasteiger partial charge in [-0.15, -0.1) is 5.92 Å². The zero-order chi connectivity index (χ0) is 10.4. The zero-order valence-electron chi connectivity index (χ0n) is 9.29. The quantitative estimate of drug-likeness (QED) is 0.692. The van der Waals surface area contributed by atoms with E-state index < -0.39 is 0 Å². The molecule has 0 spiro atoms.